The highest BCUT2D eigenvalue weighted by Gasteiger charge is 2.24. The van der Waals surface area contributed by atoms with Crippen LogP contribution in [0.25, 0.3) is 0 Å². The van der Waals surface area contributed by atoms with E-state index in [0.717, 1.165) is 43.9 Å². The average Bonchev–Trinajstić information content (AvgIpc) is 2.63. The summed E-state index contributed by atoms with van der Waals surface area (Å²) in [5.74, 6) is 2.58. The zero-order chi connectivity index (χ0) is 16.9. The smallest absolute Gasteiger partial charge is 0.409 e. The van der Waals surface area contributed by atoms with Crippen molar-refractivity contribution in [1.29, 1.82) is 0 Å². The van der Waals surface area contributed by atoms with Gasteiger partial charge in [-0.2, -0.15) is 4.98 Å². The van der Waals surface area contributed by atoms with Crippen molar-refractivity contribution in [1.82, 2.24) is 14.9 Å². The van der Waals surface area contributed by atoms with Crippen LogP contribution in [0, 0.1) is 5.92 Å². The summed E-state index contributed by atoms with van der Waals surface area (Å²) in [4.78, 5) is 27.2. The van der Waals surface area contributed by atoms with Gasteiger partial charge in [-0.15, -0.1) is 0 Å². The van der Waals surface area contributed by atoms with Gasteiger partial charge in [-0.1, -0.05) is 6.92 Å². The van der Waals surface area contributed by atoms with E-state index in [1.165, 1.54) is 12.8 Å². The van der Waals surface area contributed by atoms with Crippen LogP contribution < -0.4 is 9.80 Å². The van der Waals surface area contributed by atoms with Crippen LogP contribution in [-0.4, -0.2) is 66.8 Å². The molecule has 3 rings (SSSR count). The van der Waals surface area contributed by atoms with E-state index in [0.29, 0.717) is 19.7 Å². The number of carbonyl (C=O) groups excluding carboxylic acids is 1. The Hall–Kier alpha value is -2.05. The Balaban J connectivity index is 1.60. The first-order valence-electron chi connectivity index (χ1n) is 8.92. The average molecular weight is 333 g/mol. The third-order valence-electron chi connectivity index (χ3n) is 4.82. The lowest BCUT2D eigenvalue weighted by atomic mass is 9.99. The molecule has 0 aromatic carbocycles. The Morgan fingerprint density at radius 1 is 1.17 bits per heavy atom. The van der Waals surface area contributed by atoms with E-state index >= 15 is 0 Å². The monoisotopic (exact) mass is 333 g/mol. The molecule has 2 aliphatic rings. The van der Waals surface area contributed by atoms with Gasteiger partial charge in [0.25, 0.3) is 0 Å². The van der Waals surface area contributed by atoms with Crippen LogP contribution in [0.2, 0.25) is 0 Å². The van der Waals surface area contributed by atoms with Gasteiger partial charge in [-0.25, -0.2) is 9.78 Å². The van der Waals surface area contributed by atoms with Gasteiger partial charge < -0.3 is 19.4 Å². The summed E-state index contributed by atoms with van der Waals surface area (Å²) in [6, 6.07) is 1.99. The molecule has 24 heavy (non-hydrogen) atoms. The summed E-state index contributed by atoms with van der Waals surface area (Å²) in [7, 11) is 0. The quantitative estimate of drug-likeness (QED) is 0.843. The number of anilines is 2. The van der Waals surface area contributed by atoms with E-state index in [-0.39, 0.29) is 6.09 Å². The second-order valence-corrected chi connectivity index (χ2v) is 6.56. The summed E-state index contributed by atoms with van der Waals surface area (Å²) in [6.07, 6.45) is 4.05. The van der Waals surface area contributed by atoms with Crippen molar-refractivity contribution in [3.63, 3.8) is 0 Å². The maximum Gasteiger partial charge on any atom is 0.409 e. The van der Waals surface area contributed by atoms with Gasteiger partial charge in [0, 0.05) is 45.5 Å². The first-order chi connectivity index (χ1) is 11.7. The fourth-order valence-electron chi connectivity index (χ4n) is 3.21. The Kier molecular flexibility index (Phi) is 5.37. The van der Waals surface area contributed by atoms with Crippen LogP contribution in [0.15, 0.2) is 12.3 Å². The predicted octanol–water partition coefficient (Wildman–Crippen LogP) is 1.99. The molecule has 7 nitrogen and oxygen atoms in total. The molecule has 0 bridgehead atoms. The van der Waals surface area contributed by atoms with E-state index < -0.39 is 0 Å². The van der Waals surface area contributed by atoms with Crippen LogP contribution in [-0.2, 0) is 4.74 Å². The molecule has 2 saturated heterocycles. The van der Waals surface area contributed by atoms with Crippen LogP contribution >= 0.6 is 0 Å². The van der Waals surface area contributed by atoms with Crippen molar-refractivity contribution >= 4 is 17.9 Å². The van der Waals surface area contributed by atoms with Crippen LogP contribution in [0.1, 0.15) is 26.7 Å². The van der Waals surface area contributed by atoms with Crippen molar-refractivity contribution in [3.05, 3.63) is 12.3 Å². The molecular formula is C17H27N5O2. The summed E-state index contributed by atoms with van der Waals surface area (Å²) in [5.41, 5.74) is 0. The lowest BCUT2D eigenvalue weighted by Crippen LogP contribution is -2.49. The molecule has 0 atom stereocenters. The largest absolute Gasteiger partial charge is 0.450 e. The van der Waals surface area contributed by atoms with Crippen molar-refractivity contribution in [3.8, 4) is 0 Å². The number of hydrogen-bond acceptors (Lipinski definition) is 6. The number of ether oxygens (including phenoxy) is 1. The van der Waals surface area contributed by atoms with E-state index in [1.807, 2.05) is 19.2 Å². The number of aromatic nitrogens is 2. The van der Waals surface area contributed by atoms with Gasteiger partial charge in [-0.05, 0) is 31.7 Å². The maximum absolute atomic E-state index is 11.8. The van der Waals surface area contributed by atoms with Gasteiger partial charge in [-0.3, -0.25) is 0 Å². The van der Waals surface area contributed by atoms with E-state index in [2.05, 4.69) is 21.7 Å². The number of rotatable bonds is 3. The minimum atomic E-state index is -0.228. The number of hydrogen-bond donors (Lipinski definition) is 0. The van der Waals surface area contributed by atoms with E-state index in [4.69, 9.17) is 9.72 Å². The maximum atomic E-state index is 11.8. The topological polar surface area (TPSA) is 61.8 Å². The molecule has 3 heterocycles. The lowest BCUT2D eigenvalue weighted by Gasteiger charge is -2.35. The summed E-state index contributed by atoms with van der Waals surface area (Å²) >= 11 is 0. The molecule has 0 N–H and O–H groups in total. The molecule has 7 heteroatoms. The minimum Gasteiger partial charge on any atom is -0.450 e. The molecular weight excluding hydrogens is 306 g/mol. The second kappa shape index (κ2) is 7.68. The third kappa shape index (κ3) is 3.88. The number of carbonyl (C=O) groups is 1. The highest BCUT2D eigenvalue weighted by atomic mass is 16.6. The molecule has 1 aromatic heterocycles. The zero-order valence-electron chi connectivity index (χ0n) is 14.6. The molecule has 132 valence electrons. The van der Waals surface area contributed by atoms with Gasteiger partial charge >= 0.3 is 6.09 Å². The number of piperidine rings is 1. The fourth-order valence-corrected chi connectivity index (χ4v) is 3.21. The minimum absolute atomic E-state index is 0.228. The van der Waals surface area contributed by atoms with Gasteiger partial charge in [0.15, 0.2) is 0 Å². The number of piperazine rings is 1. The first kappa shape index (κ1) is 16.8. The van der Waals surface area contributed by atoms with Crippen molar-refractivity contribution in [2.45, 2.75) is 26.7 Å². The Morgan fingerprint density at radius 3 is 2.54 bits per heavy atom. The molecule has 2 fully saturated rings. The molecule has 0 spiro atoms. The highest BCUT2D eigenvalue weighted by molar-refractivity contribution is 5.68. The van der Waals surface area contributed by atoms with E-state index in [1.54, 1.807) is 4.90 Å². The zero-order valence-corrected chi connectivity index (χ0v) is 14.6. The number of amides is 1. The molecule has 1 amide bonds. The Labute approximate surface area is 143 Å². The second-order valence-electron chi connectivity index (χ2n) is 6.56. The standard InChI is InChI=1S/C17H27N5O2/c1-3-24-17(23)22-12-10-21(11-13-22)16-18-7-4-15(19-16)20-8-5-14(2)6-9-20/h4,7,14H,3,5-6,8-13H2,1-2H3. The summed E-state index contributed by atoms with van der Waals surface area (Å²) < 4.78 is 5.06. The molecule has 1 aromatic rings. The van der Waals surface area contributed by atoms with Crippen molar-refractivity contribution < 1.29 is 9.53 Å². The van der Waals surface area contributed by atoms with Gasteiger partial charge in [0.05, 0.1) is 6.61 Å². The van der Waals surface area contributed by atoms with Gasteiger partial charge in [0.2, 0.25) is 5.95 Å². The molecule has 0 unspecified atom stereocenters. The van der Waals surface area contributed by atoms with Crippen molar-refractivity contribution in [2.75, 3.05) is 55.7 Å². The molecule has 0 aliphatic carbocycles. The van der Waals surface area contributed by atoms with Crippen LogP contribution in [0.5, 0.6) is 0 Å². The third-order valence-corrected chi connectivity index (χ3v) is 4.82. The normalized spacial score (nSPS) is 19.5. The SMILES string of the molecule is CCOC(=O)N1CCN(c2nccc(N3CCC(C)CC3)n2)CC1. The molecule has 0 radical (unpaired) electrons. The lowest BCUT2D eigenvalue weighted by molar-refractivity contribution is 0.105. The summed E-state index contributed by atoms with van der Waals surface area (Å²) in [6.45, 7) is 9.45. The molecule has 2 aliphatic heterocycles. The Bertz CT molecular complexity index is 552. The van der Waals surface area contributed by atoms with Gasteiger partial charge in [0.1, 0.15) is 5.82 Å². The fraction of sp³-hybridized carbons (Fsp3) is 0.706. The van der Waals surface area contributed by atoms with E-state index in [9.17, 15) is 4.79 Å². The predicted molar refractivity (Wildman–Crippen MR) is 93.5 cm³/mol. The Morgan fingerprint density at radius 2 is 1.88 bits per heavy atom. The van der Waals surface area contributed by atoms with Crippen molar-refractivity contribution in [2.24, 2.45) is 5.92 Å². The number of nitrogens with zero attached hydrogens (tertiary/aromatic N) is 5. The highest BCUT2D eigenvalue weighted by Crippen LogP contribution is 2.22. The first-order valence-corrected chi connectivity index (χ1v) is 8.92. The van der Waals surface area contributed by atoms with Crippen LogP contribution in [0.4, 0.5) is 16.6 Å². The summed E-state index contributed by atoms with van der Waals surface area (Å²) in [5, 5.41) is 0. The molecule has 0 saturated carbocycles. The van der Waals surface area contributed by atoms with Crippen LogP contribution in [0.3, 0.4) is 0 Å².